The molecule has 0 aromatic heterocycles. The fraction of sp³-hybridized carbons (Fsp3) is 0.857. The van der Waals surface area contributed by atoms with E-state index in [1.807, 2.05) is 4.90 Å². The van der Waals surface area contributed by atoms with Gasteiger partial charge in [-0.15, -0.1) is 0 Å². The first kappa shape index (κ1) is 14.2. The summed E-state index contributed by atoms with van der Waals surface area (Å²) in [7, 11) is 1.69. The third kappa shape index (κ3) is 3.61. The lowest BCUT2D eigenvalue weighted by Crippen LogP contribution is -2.49. The molecule has 1 saturated heterocycles. The molecule has 5 heteroatoms. The lowest BCUT2D eigenvalue weighted by atomic mass is 9.75. The molecule has 0 aromatic rings. The smallest absolute Gasteiger partial charge is 0.319 e. The predicted octanol–water partition coefficient (Wildman–Crippen LogP) is 2.02. The number of urea groups is 1. The summed E-state index contributed by atoms with van der Waals surface area (Å²) in [5, 5.41) is 8.66. The molecule has 108 valence electrons. The molecule has 2 amide bonds. The molecule has 5 nitrogen and oxygen atoms in total. The third-order valence-electron chi connectivity index (χ3n) is 4.55. The Labute approximate surface area is 114 Å². The minimum atomic E-state index is -0.856. The van der Waals surface area contributed by atoms with Crippen LogP contribution in [0.5, 0.6) is 0 Å². The largest absolute Gasteiger partial charge is 0.481 e. The predicted molar refractivity (Wildman–Crippen MR) is 71.9 cm³/mol. The number of amides is 2. The molecule has 1 aliphatic carbocycles. The molecule has 2 unspecified atom stereocenters. The van der Waals surface area contributed by atoms with E-state index in [1.54, 1.807) is 7.05 Å². The van der Waals surface area contributed by atoms with Crippen LogP contribution in [0.25, 0.3) is 0 Å². The lowest BCUT2D eigenvalue weighted by Gasteiger charge is -2.42. The maximum atomic E-state index is 12.2. The highest BCUT2D eigenvalue weighted by atomic mass is 16.4. The second-order valence-electron chi connectivity index (χ2n) is 5.89. The van der Waals surface area contributed by atoms with Gasteiger partial charge in [0, 0.05) is 26.7 Å². The van der Waals surface area contributed by atoms with Crippen molar-refractivity contribution in [3.63, 3.8) is 0 Å². The van der Waals surface area contributed by atoms with Gasteiger partial charge >= 0.3 is 12.0 Å². The van der Waals surface area contributed by atoms with Gasteiger partial charge in [-0.05, 0) is 24.7 Å². The van der Waals surface area contributed by atoms with Crippen LogP contribution in [0.3, 0.4) is 0 Å². The number of carbonyl (C=O) groups is 2. The summed E-state index contributed by atoms with van der Waals surface area (Å²) in [5.74, 6) is 0.618. The van der Waals surface area contributed by atoms with Crippen LogP contribution in [0.15, 0.2) is 0 Å². The Bertz CT molecular complexity index is 346. The number of hydrogen-bond acceptors (Lipinski definition) is 2. The van der Waals surface area contributed by atoms with Crippen molar-refractivity contribution in [2.75, 3.05) is 26.7 Å². The van der Waals surface area contributed by atoms with Crippen LogP contribution in [0.4, 0.5) is 4.79 Å². The fourth-order valence-corrected chi connectivity index (χ4v) is 3.38. The zero-order valence-electron chi connectivity index (χ0n) is 11.7. The van der Waals surface area contributed by atoms with E-state index < -0.39 is 5.97 Å². The Kier molecular flexibility index (Phi) is 4.66. The number of fused-ring (bicyclic) bond motifs is 1. The molecule has 2 atom stereocenters. The van der Waals surface area contributed by atoms with Gasteiger partial charge in [-0.3, -0.25) is 4.79 Å². The van der Waals surface area contributed by atoms with Crippen molar-refractivity contribution in [2.24, 2.45) is 11.8 Å². The van der Waals surface area contributed by atoms with Crippen molar-refractivity contribution in [1.29, 1.82) is 0 Å². The van der Waals surface area contributed by atoms with Crippen LogP contribution in [0, 0.1) is 11.8 Å². The second-order valence-corrected chi connectivity index (χ2v) is 5.89. The Morgan fingerprint density at radius 1 is 1.21 bits per heavy atom. The van der Waals surface area contributed by atoms with Gasteiger partial charge in [0.25, 0.3) is 0 Å². The minimum Gasteiger partial charge on any atom is -0.481 e. The van der Waals surface area contributed by atoms with Crippen molar-refractivity contribution >= 4 is 12.0 Å². The first-order valence-corrected chi connectivity index (χ1v) is 7.29. The van der Waals surface area contributed by atoms with Gasteiger partial charge in [-0.2, -0.15) is 0 Å². The molecule has 1 saturated carbocycles. The van der Waals surface area contributed by atoms with Crippen LogP contribution in [0.1, 0.15) is 38.5 Å². The van der Waals surface area contributed by atoms with E-state index in [0.717, 1.165) is 25.4 Å². The number of carboxylic acids is 1. The second kappa shape index (κ2) is 6.26. The van der Waals surface area contributed by atoms with Gasteiger partial charge in [-0.1, -0.05) is 19.3 Å². The number of aliphatic carboxylic acids is 1. The molecule has 1 heterocycles. The first-order valence-electron chi connectivity index (χ1n) is 7.29. The number of carbonyl (C=O) groups excluding carboxylic acids is 1. The van der Waals surface area contributed by atoms with E-state index in [1.165, 1.54) is 30.6 Å². The van der Waals surface area contributed by atoms with Gasteiger partial charge in [-0.25, -0.2) is 4.79 Å². The first-order chi connectivity index (χ1) is 9.08. The molecule has 0 spiro atoms. The number of carboxylic acid groups (broad SMARTS) is 1. The summed E-state index contributed by atoms with van der Waals surface area (Å²) >= 11 is 0. The van der Waals surface area contributed by atoms with Gasteiger partial charge in [0.15, 0.2) is 0 Å². The zero-order chi connectivity index (χ0) is 13.8. The normalized spacial score (nSPS) is 26.7. The Hall–Kier alpha value is -1.26. The number of likely N-dealkylation sites (tertiary alicyclic amines) is 1. The lowest BCUT2D eigenvalue weighted by molar-refractivity contribution is -0.137. The van der Waals surface area contributed by atoms with Gasteiger partial charge in [0.1, 0.15) is 0 Å². The van der Waals surface area contributed by atoms with Gasteiger partial charge < -0.3 is 14.9 Å². The zero-order valence-corrected chi connectivity index (χ0v) is 11.7. The molecular formula is C14H24N2O3. The number of nitrogens with zero attached hydrogens (tertiary/aromatic N) is 2. The molecule has 2 fully saturated rings. The Morgan fingerprint density at radius 2 is 1.89 bits per heavy atom. The van der Waals surface area contributed by atoms with Crippen LogP contribution in [-0.2, 0) is 4.79 Å². The van der Waals surface area contributed by atoms with Crippen LogP contribution in [0.2, 0.25) is 0 Å². The monoisotopic (exact) mass is 268 g/mol. The molecule has 1 N–H and O–H groups in total. The van der Waals surface area contributed by atoms with E-state index in [0.29, 0.717) is 12.5 Å². The summed E-state index contributed by atoms with van der Waals surface area (Å²) in [5.41, 5.74) is 0. The van der Waals surface area contributed by atoms with Crippen molar-refractivity contribution < 1.29 is 14.7 Å². The molecule has 0 radical (unpaired) electrons. The third-order valence-corrected chi connectivity index (χ3v) is 4.55. The fourth-order valence-electron chi connectivity index (χ4n) is 3.38. The topological polar surface area (TPSA) is 60.9 Å². The molecule has 2 aliphatic rings. The van der Waals surface area contributed by atoms with E-state index in [9.17, 15) is 9.59 Å². The molecular weight excluding hydrogens is 244 g/mol. The molecule has 2 rings (SSSR count). The average Bonchev–Trinajstić information content (AvgIpc) is 2.43. The van der Waals surface area contributed by atoms with E-state index in [-0.39, 0.29) is 12.5 Å². The van der Waals surface area contributed by atoms with E-state index in [4.69, 9.17) is 5.11 Å². The summed E-state index contributed by atoms with van der Waals surface area (Å²) in [6.07, 6.45) is 6.33. The molecule has 0 aromatic carbocycles. The van der Waals surface area contributed by atoms with Crippen molar-refractivity contribution in [3.05, 3.63) is 0 Å². The number of piperidine rings is 1. The molecule has 19 heavy (non-hydrogen) atoms. The van der Waals surface area contributed by atoms with Gasteiger partial charge in [0.05, 0.1) is 6.42 Å². The standard InChI is InChI=1S/C14H24N2O3/c1-15(8-7-13(17)18)14(19)16-9-6-11-4-2-3-5-12(11)10-16/h11-12H,2-10H2,1H3,(H,17,18). The summed E-state index contributed by atoms with van der Waals surface area (Å²) in [4.78, 5) is 26.2. The van der Waals surface area contributed by atoms with Crippen molar-refractivity contribution in [1.82, 2.24) is 9.80 Å². The summed E-state index contributed by atoms with van der Waals surface area (Å²) in [6, 6.07) is -0.00901. The summed E-state index contributed by atoms with van der Waals surface area (Å²) in [6.45, 7) is 1.98. The highest BCUT2D eigenvalue weighted by Crippen LogP contribution is 2.36. The van der Waals surface area contributed by atoms with Gasteiger partial charge in [0.2, 0.25) is 0 Å². The number of rotatable bonds is 3. The average molecular weight is 268 g/mol. The maximum absolute atomic E-state index is 12.2. The van der Waals surface area contributed by atoms with Crippen LogP contribution in [-0.4, -0.2) is 53.6 Å². The highest BCUT2D eigenvalue weighted by Gasteiger charge is 2.33. The number of hydrogen-bond donors (Lipinski definition) is 1. The molecule has 1 aliphatic heterocycles. The Balaban J connectivity index is 1.84. The van der Waals surface area contributed by atoms with Crippen molar-refractivity contribution in [3.8, 4) is 0 Å². The van der Waals surface area contributed by atoms with Crippen molar-refractivity contribution in [2.45, 2.75) is 38.5 Å². The van der Waals surface area contributed by atoms with Crippen LogP contribution >= 0.6 is 0 Å². The minimum absolute atomic E-state index is 0.00901. The van der Waals surface area contributed by atoms with E-state index >= 15 is 0 Å². The van der Waals surface area contributed by atoms with E-state index in [2.05, 4.69) is 0 Å². The maximum Gasteiger partial charge on any atom is 0.319 e. The quantitative estimate of drug-likeness (QED) is 0.852. The van der Waals surface area contributed by atoms with Crippen LogP contribution < -0.4 is 0 Å². The Morgan fingerprint density at radius 3 is 2.58 bits per heavy atom. The molecule has 0 bridgehead atoms. The highest BCUT2D eigenvalue weighted by molar-refractivity contribution is 5.75. The summed E-state index contributed by atoms with van der Waals surface area (Å²) < 4.78 is 0. The SMILES string of the molecule is CN(CCC(=O)O)C(=O)N1CCC2CCCCC2C1.